The fraction of sp³-hybridized carbons (Fsp3) is 0.100. The number of ether oxygens (including phenoxy) is 2. The van der Waals surface area contributed by atoms with Crippen molar-refractivity contribution >= 4 is 33.4 Å². The molecule has 0 bridgehead atoms. The van der Waals surface area contributed by atoms with Crippen LogP contribution in [0.15, 0.2) is 121 Å². The number of nitrogens with one attached hydrogen (secondary N) is 2. The number of rotatable bonds is 11. The van der Waals surface area contributed by atoms with Crippen molar-refractivity contribution in [1.29, 1.82) is 10.5 Å². The van der Waals surface area contributed by atoms with E-state index in [9.17, 15) is 9.59 Å². The van der Waals surface area contributed by atoms with Gasteiger partial charge in [-0.05, 0) is 105 Å². The molecule has 0 atom stereocenters. The number of amides is 2. The molecule has 234 valence electrons. The summed E-state index contributed by atoms with van der Waals surface area (Å²) in [6.45, 7) is 1.47. The van der Waals surface area contributed by atoms with E-state index in [1.807, 2.05) is 84.9 Å². The van der Waals surface area contributed by atoms with Crippen molar-refractivity contribution in [3.8, 4) is 23.6 Å². The Hall–Kier alpha value is -6.64. The molecule has 0 aliphatic heterocycles. The third-order valence-corrected chi connectivity index (χ3v) is 7.84. The van der Waals surface area contributed by atoms with Crippen LogP contribution in [0, 0.1) is 22.7 Å². The lowest BCUT2D eigenvalue weighted by atomic mass is 10.0. The lowest BCUT2D eigenvalue weighted by molar-refractivity contribution is 0.0943. The van der Waals surface area contributed by atoms with Crippen LogP contribution in [-0.4, -0.2) is 25.0 Å². The second-order valence-electron chi connectivity index (χ2n) is 11.1. The number of hydrogen-bond acceptors (Lipinski definition) is 6. The molecule has 6 rings (SSSR count). The molecule has 2 amide bonds. The molecule has 6 aromatic carbocycles. The summed E-state index contributed by atoms with van der Waals surface area (Å²) < 4.78 is 11.6. The van der Waals surface area contributed by atoms with Crippen LogP contribution in [0.3, 0.4) is 0 Å². The van der Waals surface area contributed by atoms with Gasteiger partial charge in [0.15, 0.2) is 0 Å². The lowest BCUT2D eigenvalue weighted by Gasteiger charge is -2.11. The largest absolute Gasteiger partial charge is 0.490 e. The number of nitriles is 2. The molecule has 8 nitrogen and oxygen atoms in total. The van der Waals surface area contributed by atoms with Gasteiger partial charge in [-0.2, -0.15) is 10.5 Å². The number of nitrogens with zero attached hydrogens (tertiary/aromatic N) is 2. The second-order valence-corrected chi connectivity index (χ2v) is 11.1. The minimum absolute atomic E-state index is 0.171. The molecule has 0 aliphatic rings. The zero-order valence-corrected chi connectivity index (χ0v) is 25.9. The van der Waals surface area contributed by atoms with Gasteiger partial charge in [0.2, 0.25) is 0 Å². The summed E-state index contributed by atoms with van der Waals surface area (Å²) in [5, 5.41) is 27.7. The summed E-state index contributed by atoms with van der Waals surface area (Å²) in [7, 11) is 0. The normalized spacial score (nSPS) is 10.5. The van der Waals surface area contributed by atoms with Gasteiger partial charge < -0.3 is 20.1 Å². The molecule has 0 saturated carbocycles. The molecule has 0 aliphatic carbocycles. The number of hydrogen-bond donors (Lipinski definition) is 2. The topological polar surface area (TPSA) is 124 Å². The van der Waals surface area contributed by atoms with Crippen LogP contribution in [0.25, 0.3) is 21.5 Å². The quantitative estimate of drug-likeness (QED) is 0.148. The number of benzene rings is 6. The van der Waals surface area contributed by atoms with E-state index in [2.05, 4.69) is 22.8 Å². The minimum atomic E-state index is -0.171. The summed E-state index contributed by atoms with van der Waals surface area (Å²) in [4.78, 5) is 25.4. The fourth-order valence-electron chi connectivity index (χ4n) is 5.21. The summed E-state index contributed by atoms with van der Waals surface area (Å²) in [6, 6.07) is 40.9. The second kappa shape index (κ2) is 14.6. The first kappa shape index (κ1) is 31.3. The van der Waals surface area contributed by atoms with E-state index in [-0.39, 0.29) is 11.8 Å². The first-order chi connectivity index (χ1) is 23.5. The van der Waals surface area contributed by atoms with Gasteiger partial charge >= 0.3 is 0 Å². The van der Waals surface area contributed by atoms with E-state index in [4.69, 9.17) is 20.0 Å². The van der Waals surface area contributed by atoms with E-state index >= 15 is 0 Å². The Kier molecular flexibility index (Phi) is 9.56. The summed E-state index contributed by atoms with van der Waals surface area (Å²) in [6.07, 6.45) is 0. The van der Waals surface area contributed by atoms with Crippen LogP contribution in [0.5, 0.6) is 11.5 Å². The van der Waals surface area contributed by atoms with Gasteiger partial charge in [-0.3, -0.25) is 9.59 Å². The highest BCUT2D eigenvalue weighted by molar-refractivity contribution is 5.99. The van der Waals surface area contributed by atoms with Crippen LogP contribution >= 0.6 is 0 Å². The number of carbonyl (C=O) groups is 2. The van der Waals surface area contributed by atoms with Crippen LogP contribution in [0.2, 0.25) is 0 Å². The highest BCUT2D eigenvalue weighted by Crippen LogP contribution is 2.20. The van der Waals surface area contributed by atoms with Gasteiger partial charge in [-0.15, -0.1) is 0 Å². The van der Waals surface area contributed by atoms with Crippen LogP contribution < -0.4 is 20.1 Å². The van der Waals surface area contributed by atoms with E-state index in [1.165, 1.54) is 0 Å². The minimum Gasteiger partial charge on any atom is -0.490 e. The van der Waals surface area contributed by atoms with Gasteiger partial charge in [-0.25, -0.2) is 0 Å². The zero-order valence-electron chi connectivity index (χ0n) is 25.9. The highest BCUT2D eigenvalue weighted by atomic mass is 16.5. The van der Waals surface area contributed by atoms with Crippen LogP contribution in [0.1, 0.15) is 43.0 Å². The predicted octanol–water partition coefficient (Wildman–Crippen LogP) is 7.05. The fourth-order valence-corrected chi connectivity index (χ4v) is 5.21. The Morgan fingerprint density at radius 1 is 0.500 bits per heavy atom. The third-order valence-electron chi connectivity index (χ3n) is 7.84. The van der Waals surface area contributed by atoms with Crippen molar-refractivity contribution in [3.05, 3.63) is 155 Å². The molecule has 0 fully saturated rings. The van der Waals surface area contributed by atoms with Gasteiger partial charge in [0.05, 0.1) is 23.3 Å². The van der Waals surface area contributed by atoms with Gasteiger partial charge in [0, 0.05) is 24.2 Å². The highest BCUT2D eigenvalue weighted by Gasteiger charge is 2.09. The summed E-state index contributed by atoms with van der Waals surface area (Å²) >= 11 is 0. The standard InChI is InChI=1S/C40H30N4O4/c41-23-29-1-7-33-21-35(11-9-31(33)19-29)39(45)43-25-27-3-13-37(14-4-27)47-17-18-48-38-15-5-28(6-16-38)26-44-40(46)36-12-10-32-20-30(24-42)2-8-34(32)22-36/h1-16,19-22H,17-18,25-26H2,(H,43,45)(H,44,46). The van der Waals surface area contributed by atoms with Gasteiger partial charge in [0.25, 0.3) is 11.8 Å². The van der Waals surface area contributed by atoms with Crippen molar-refractivity contribution in [3.63, 3.8) is 0 Å². The Labute approximate surface area is 277 Å². The molecule has 0 saturated heterocycles. The van der Waals surface area contributed by atoms with Gasteiger partial charge in [0.1, 0.15) is 24.7 Å². The molecule has 0 aromatic heterocycles. The Morgan fingerprint density at radius 2 is 0.875 bits per heavy atom. The zero-order chi connectivity index (χ0) is 33.3. The number of fused-ring (bicyclic) bond motifs is 2. The predicted molar refractivity (Wildman–Crippen MR) is 184 cm³/mol. The maximum absolute atomic E-state index is 12.7. The molecule has 0 radical (unpaired) electrons. The summed E-state index contributed by atoms with van der Waals surface area (Å²) in [5.41, 5.74) is 4.17. The van der Waals surface area contributed by atoms with E-state index in [0.717, 1.165) is 32.7 Å². The lowest BCUT2D eigenvalue weighted by Crippen LogP contribution is -2.22. The van der Waals surface area contributed by atoms with Crippen molar-refractivity contribution in [2.75, 3.05) is 13.2 Å². The molecular weight excluding hydrogens is 600 g/mol. The average Bonchev–Trinajstić information content (AvgIpc) is 3.14. The Balaban J connectivity index is 0.903. The molecule has 48 heavy (non-hydrogen) atoms. The SMILES string of the molecule is N#Cc1ccc2cc(C(=O)NCc3ccc(OCCOc4ccc(CNC(=O)c5ccc6cc(C#N)ccc6c5)cc4)cc3)ccc2c1. The summed E-state index contributed by atoms with van der Waals surface area (Å²) in [5.74, 6) is 1.05. The van der Waals surface area contributed by atoms with E-state index in [1.54, 1.807) is 36.4 Å². The van der Waals surface area contributed by atoms with Crippen molar-refractivity contribution in [2.45, 2.75) is 13.1 Å². The van der Waals surface area contributed by atoms with Crippen molar-refractivity contribution in [1.82, 2.24) is 10.6 Å². The molecule has 0 heterocycles. The van der Waals surface area contributed by atoms with E-state index in [0.29, 0.717) is 60.1 Å². The molecule has 8 heteroatoms. The van der Waals surface area contributed by atoms with Crippen molar-refractivity contribution in [2.24, 2.45) is 0 Å². The smallest absolute Gasteiger partial charge is 0.251 e. The molecular formula is C40H30N4O4. The maximum Gasteiger partial charge on any atom is 0.251 e. The third kappa shape index (κ3) is 7.77. The Morgan fingerprint density at radius 3 is 1.27 bits per heavy atom. The average molecular weight is 631 g/mol. The van der Waals surface area contributed by atoms with Crippen LogP contribution in [-0.2, 0) is 13.1 Å². The Bertz CT molecular complexity index is 2040. The van der Waals surface area contributed by atoms with Gasteiger partial charge in [-0.1, -0.05) is 48.5 Å². The first-order valence-corrected chi connectivity index (χ1v) is 15.4. The monoisotopic (exact) mass is 630 g/mol. The molecule has 2 N–H and O–H groups in total. The molecule has 6 aromatic rings. The number of carbonyl (C=O) groups excluding carboxylic acids is 2. The van der Waals surface area contributed by atoms with Crippen molar-refractivity contribution < 1.29 is 19.1 Å². The molecule has 0 unspecified atom stereocenters. The van der Waals surface area contributed by atoms with Crippen LogP contribution in [0.4, 0.5) is 0 Å². The molecule has 0 spiro atoms. The van der Waals surface area contributed by atoms with E-state index < -0.39 is 0 Å². The first-order valence-electron chi connectivity index (χ1n) is 15.4. The maximum atomic E-state index is 12.7.